The van der Waals surface area contributed by atoms with E-state index >= 15 is 0 Å². The van der Waals surface area contributed by atoms with Gasteiger partial charge in [0.1, 0.15) is 0 Å². The van der Waals surface area contributed by atoms with E-state index < -0.39 is 0 Å². The van der Waals surface area contributed by atoms with E-state index in [0.717, 1.165) is 13.0 Å². The van der Waals surface area contributed by atoms with Crippen LogP contribution in [-0.2, 0) is 6.42 Å². The maximum atomic E-state index is 3.70. The van der Waals surface area contributed by atoms with E-state index in [0.29, 0.717) is 6.04 Å². The second kappa shape index (κ2) is 7.39. The molecule has 0 aromatic heterocycles. The molecule has 2 rings (SSSR count). The van der Waals surface area contributed by atoms with Crippen molar-refractivity contribution in [3.8, 4) is 0 Å². The molecule has 0 amide bonds. The van der Waals surface area contributed by atoms with Crippen LogP contribution in [0.25, 0.3) is 0 Å². The predicted octanol–water partition coefficient (Wildman–Crippen LogP) is 5.41. The molecule has 2 aromatic carbocycles. The van der Waals surface area contributed by atoms with Crippen LogP contribution in [0.2, 0.25) is 0 Å². The lowest BCUT2D eigenvalue weighted by atomic mass is 9.98. The molecule has 0 fully saturated rings. The van der Waals surface area contributed by atoms with E-state index in [1.54, 1.807) is 0 Å². The lowest BCUT2D eigenvalue weighted by Gasteiger charge is -2.21. The highest BCUT2D eigenvalue weighted by Gasteiger charge is 2.15. The van der Waals surface area contributed by atoms with Crippen LogP contribution in [0, 0.1) is 6.92 Å². The fraction of sp³-hybridized carbons (Fsp3) is 0.294. The maximum Gasteiger partial charge on any atom is 0.0372 e. The minimum Gasteiger partial charge on any atom is -0.310 e. The average Bonchev–Trinajstić information content (AvgIpc) is 2.41. The van der Waals surface area contributed by atoms with E-state index in [9.17, 15) is 0 Å². The summed E-state index contributed by atoms with van der Waals surface area (Å²) in [5, 5.41) is 3.58. The molecule has 0 heterocycles. The van der Waals surface area contributed by atoms with Gasteiger partial charge < -0.3 is 5.32 Å². The summed E-state index contributed by atoms with van der Waals surface area (Å²) in [5.74, 6) is 0. The summed E-state index contributed by atoms with van der Waals surface area (Å²) in [6.07, 6.45) is 0.969. The first-order valence-electron chi connectivity index (χ1n) is 6.84. The highest BCUT2D eigenvalue weighted by atomic mass is 79.9. The van der Waals surface area contributed by atoms with Gasteiger partial charge in [-0.2, -0.15) is 0 Å². The van der Waals surface area contributed by atoms with Crippen LogP contribution >= 0.6 is 31.9 Å². The third-order valence-electron chi connectivity index (χ3n) is 3.36. The van der Waals surface area contributed by atoms with E-state index in [4.69, 9.17) is 0 Å². The van der Waals surface area contributed by atoms with Crippen molar-refractivity contribution < 1.29 is 0 Å². The maximum absolute atomic E-state index is 3.70. The normalized spacial score (nSPS) is 12.4. The Morgan fingerprint density at radius 1 is 1.05 bits per heavy atom. The molecule has 3 heteroatoms. The lowest BCUT2D eigenvalue weighted by molar-refractivity contribution is 0.547. The Morgan fingerprint density at radius 3 is 2.45 bits per heavy atom. The molecule has 1 atom stereocenters. The van der Waals surface area contributed by atoms with E-state index in [1.165, 1.54) is 25.6 Å². The van der Waals surface area contributed by atoms with Crippen molar-refractivity contribution in [3.63, 3.8) is 0 Å². The fourth-order valence-electron chi connectivity index (χ4n) is 2.34. The number of benzene rings is 2. The summed E-state index contributed by atoms with van der Waals surface area (Å²) in [4.78, 5) is 0. The Hall–Kier alpha value is -0.640. The Kier molecular flexibility index (Phi) is 5.82. The standard InChI is InChI=1S/C17H19Br2N/c1-3-20-17(11-13-6-4-5-7-15(13)18)14-9-8-12(2)10-16(14)19/h4-10,17,20H,3,11H2,1-2H3. The van der Waals surface area contributed by atoms with Gasteiger partial charge in [0.05, 0.1) is 0 Å². The minimum absolute atomic E-state index is 0.314. The summed E-state index contributed by atoms with van der Waals surface area (Å²) in [5.41, 5.74) is 3.91. The fourth-order valence-corrected chi connectivity index (χ4v) is 3.55. The Morgan fingerprint density at radius 2 is 1.80 bits per heavy atom. The third kappa shape index (κ3) is 3.94. The largest absolute Gasteiger partial charge is 0.310 e. The number of nitrogens with one attached hydrogen (secondary N) is 1. The van der Waals surface area contributed by atoms with Gasteiger partial charge in [0.15, 0.2) is 0 Å². The molecule has 0 aliphatic carbocycles. The van der Waals surface area contributed by atoms with Crippen LogP contribution in [0.5, 0.6) is 0 Å². The monoisotopic (exact) mass is 395 g/mol. The highest BCUT2D eigenvalue weighted by molar-refractivity contribution is 9.10. The predicted molar refractivity (Wildman–Crippen MR) is 93.1 cm³/mol. The number of hydrogen-bond acceptors (Lipinski definition) is 1. The van der Waals surface area contributed by atoms with Gasteiger partial charge in [-0.15, -0.1) is 0 Å². The van der Waals surface area contributed by atoms with Gasteiger partial charge in [-0.25, -0.2) is 0 Å². The van der Waals surface area contributed by atoms with Crippen LogP contribution in [0.3, 0.4) is 0 Å². The van der Waals surface area contributed by atoms with Crippen molar-refractivity contribution >= 4 is 31.9 Å². The zero-order valence-electron chi connectivity index (χ0n) is 11.8. The zero-order valence-corrected chi connectivity index (χ0v) is 15.0. The molecule has 1 nitrogen and oxygen atoms in total. The Balaban J connectivity index is 2.29. The summed E-state index contributed by atoms with van der Waals surface area (Å²) < 4.78 is 2.35. The molecule has 0 radical (unpaired) electrons. The topological polar surface area (TPSA) is 12.0 Å². The van der Waals surface area contributed by atoms with Crippen LogP contribution in [0.15, 0.2) is 51.4 Å². The van der Waals surface area contributed by atoms with Gasteiger partial charge in [0.2, 0.25) is 0 Å². The summed E-state index contributed by atoms with van der Waals surface area (Å²) in [6, 6.07) is 15.3. The first kappa shape index (κ1) is 15.7. The number of likely N-dealkylation sites (N-methyl/N-ethyl adjacent to an activating group) is 1. The average molecular weight is 397 g/mol. The quantitative estimate of drug-likeness (QED) is 0.711. The Bertz CT molecular complexity index is 581. The second-order valence-corrected chi connectivity index (χ2v) is 6.64. The molecule has 0 bridgehead atoms. The number of rotatable bonds is 5. The first-order valence-corrected chi connectivity index (χ1v) is 8.43. The van der Waals surface area contributed by atoms with E-state index in [-0.39, 0.29) is 0 Å². The second-order valence-electron chi connectivity index (χ2n) is 4.93. The van der Waals surface area contributed by atoms with Gasteiger partial charge in [-0.3, -0.25) is 0 Å². The van der Waals surface area contributed by atoms with Gasteiger partial charge in [0.25, 0.3) is 0 Å². The Labute approximate surface area is 138 Å². The van der Waals surface area contributed by atoms with Crippen LogP contribution in [0.1, 0.15) is 29.7 Å². The summed E-state index contributed by atoms with van der Waals surface area (Å²) >= 11 is 7.34. The van der Waals surface area contributed by atoms with E-state index in [2.05, 4.69) is 93.5 Å². The molecule has 1 unspecified atom stereocenters. The molecule has 0 spiro atoms. The van der Waals surface area contributed by atoms with E-state index in [1.807, 2.05) is 0 Å². The van der Waals surface area contributed by atoms with Gasteiger partial charge in [-0.05, 0) is 48.7 Å². The summed E-state index contributed by atoms with van der Waals surface area (Å²) in [6.45, 7) is 5.22. The van der Waals surface area contributed by atoms with Crippen molar-refractivity contribution in [2.24, 2.45) is 0 Å². The molecule has 0 saturated carbocycles. The zero-order chi connectivity index (χ0) is 14.5. The molecule has 0 aliphatic heterocycles. The van der Waals surface area contributed by atoms with Crippen molar-refractivity contribution in [1.29, 1.82) is 0 Å². The molecule has 2 aromatic rings. The highest BCUT2D eigenvalue weighted by Crippen LogP contribution is 2.29. The van der Waals surface area contributed by atoms with Crippen molar-refractivity contribution in [2.75, 3.05) is 6.54 Å². The molecule has 0 aliphatic rings. The molecular formula is C17H19Br2N. The van der Waals surface area contributed by atoms with Crippen molar-refractivity contribution in [3.05, 3.63) is 68.1 Å². The molecule has 106 valence electrons. The van der Waals surface area contributed by atoms with Crippen molar-refractivity contribution in [1.82, 2.24) is 5.32 Å². The smallest absolute Gasteiger partial charge is 0.0372 e. The summed E-state index contributed by atoms with van der Waals surface area (Å²) in [7, 11) is 0. The number of hydrogen-bond donors (Lipinski definition) is 1. The molecule has 0 saturated heterocycles. The minimum atomic E-state index is 0.314. The number of aryl methyl sites for hydroxylation is 1. The van der Waals surface area contributed by atoms with Crippen LogP contribution < -0.4 is 5.32 Å². The van der Waals surface area contributed by atoms with Crippen LogP contribution in [0.4, 0.5) is 0 Å². The third-order valence-corrected chi connectivity index (χ3v) is 4.82. The SMILES string of the molecule is CCNC(Cc1ccccc1Br)c1ccc(C)cc1Br. The van der Waals surface area contributed by atoms with Crippen LogP contribution in [-0.4, -0.2) is 6.54 Å². The van der Waals surface area contributed by atoms with Gasteiger partial charge in [0, 0.05) is 15.0 Å². The molecular weight excluding hydrogens is 378 g/mol. The van der Waals surface area contributed by atoms with Gasteiger partial charge >= 0.3 is 0 Å². The van der Waals surface area contributed by atoms with Gasteiger partial charge in [-0.1, -0.05) is 69.1 Å². The lowest BCUT2D eigenvalue weighted by Crippen LogP contribution is -2.23. The van der Waals surface area contributed by atoms with Crippen molar-refractivity contribution in [2.45, 2.75) is 26.3 Å². The first-order chi connectivity index (χ1) is 9.61. The number of halogens is 2. The molecule has 1 N–H and O–H groups in total. The molecule has 20 heavy (non-hydrogen) atoms.